The highest BCUT2D eigenvalue weighted by molar-refractivity contribution is 7.99. The van der Waals surface area contributed by atoms with Crippen LogP contribution in [0.25, 0.3) is 33.4 Å². The highest BCUT2D eigenvalue weighted by Gasteiger charge is 2.16. The molecular formula is C26H16O2S. The summed E-state index contributed by atoms with van der Waals surface area (Å²) in [6.07, 6.45) is 0.970. The summed E-state index contributed by atoms with van der Waals surface area (Å²) in [6.45, 7) is 0. The Kier molecular flexibility index (Phi) is 3.65. The van der Waals surface area contributed by atoms with Crippen LogP contribution < -0.4 is 5.43 Å². The first-order chi connectivity index (χ1) is 14.2. The lowest BCUT2D eigenvalue weighted by Crippen LogP contribution is -1.99. The van der Waals surface area contributed by atoms with E-state index in [9.17, 15) is 4.79 Å². The van der Waals surface area contributed by atoms with E-state index in [1.165, 1.54) is 32.0 Å². The lowest BCUT2D eigenvalue weighted by molar-refractivity contribution is 0.619. The molecule has 29 heavy (non-hydrogen) atoms. The van der Waals surface area contributed by atoms with Gasteiger partial charge in [0.1, 0.15) is 11.3 Å². The molecule has 0 radical (unpaired) electrons. The fraction of sp³-hybridized carbons (Fsp3) is 0.0385. The second-order valence-electron chi connectivity index (χ2n) is 7.41. The second-order valence-corrected chi connectivity index (χ2v) is 8.49. The molecular weight excluding hydrogens is 376 g/mol. The molecule has 0 amide bonds. The average Bonchev–Trinajstić information content (AvgIpc) is 2.75. The molecule has 2 nitrogen and oxygen atoms in total. The first-order valence-corrected chi connectivity index (χ1v) is 10.4. The van der Waals surface area contributed by atoms with Crippen molar-refractivity contribution in [3.05, 3.63) is 106 Å². The number of hydrogen-bond acceptors (Lipinski definition) is 3. The van der Waals surface area contributed by atoms with Crippen molar-refractivity contribution in [3.8, 4) is 22.5 Å². The van der Waals surface area contributed by atoms with Gasteiger partial charge in [0, 0.05) is 26.8 Å². The Balaban J connectivity index is 1.44. The van der Waals surface area contributed by atoms with E-state index in [4.69, 9.17) is 4.42 Å². The molecule has 2 aliphatic heterocycles. The number of rotatable bonds is 1. The Morgan fingerprint density at radius 2 is 1.45 bits per heavy atom. The van der Waals surface area contributed by atoms with E-state index < -0.39 is 0 Å². The van der Waals surface area contributed by atoms with Crippen molar-refractivity contribution in [2.75, 3.05) is 0 Å². The Hall–Kier alpha value is -3.30. The average molecular weight is 392 g/mol. The van der Waals surface area contributed by atoms with E-state index in [0.29, 0.717) is 5.76 Å². The Bertz CT molecular complexity index is 1430. The minimum Gasteiger partial charge on any atom is -0.456 e. The second kappa shape index (κ2) is 6.36. The molecule has 2 heterocycles. The van der Waals surface area contributed by atoms with Crippen molar-refractivity contribution >= 4 is 22.7 Å². The summed E-state index contributed by atoms with van der Waals surface area (Å²) < 4.78 is 5.94. The number of hydrogen-bond donors (Lipinski definition) is 0. The maximum absolute atomic E-state index is 11.6. The quantitative estimate of drug-likeness (QED) is 0.295. The molecule has 0 fully saturated rings. The molecule has 3 aliphatic rings. The SMILES string of the molecule is O=c1ccc2cc3cc(-c4ccc5c(c4)Cc4ccccc4S5)ccc3oc-2c1. The minimum absolute atomic E-state index is 0.0364. The largest absolute Gasteiger partial charge is 0.456 e. The molecule has 0 spiro atoms. The Labute approximate surface area is 172 Å². The van der Waals surface area contributed by atoms with Crippen molar-refractivity contribution in [3.63, 3.8) is 0 Å². The van der Waals surface area contributed by atoms with Crippen LogP contribution in [0.2, 0.25) is 0 Å². The molecule has 0 aromatic heterocycles. The first-order valence-electron chi connectivity index (χ1n) is 9.60. The summed E-state index contributed by atoms with van der Waals surface area (Å²) in [6, 6.07) is 28.6. The van der Waals surface area contributed by atoms with Crippen LogP contribution in [-0.4, -0.2) is 0 Å². The zero-order valence-corrected chi connectivity index (χ0v) is 16.3. The highest BCUT2D eigenvalue weighted by atomic mass is 32.2. The third-order valence-electron chi connectivity index (χ3n) is 5.49. The van der Waals surface area contributed by atoms with Crippen LogP contribution >= 0.6 is 11.8 Å². The van der Waals surface area contributed by atoms with Gasteiger partial charge in [-0.2, -0.15) is 0 Å². The van der Waals surface area contributed by atoms with Crippen molar-refractivity contribution in [2.24, 2.45) is 0 Å². The zero-order valence-electron chi connectivity index (χ0n) is 15.5. The summed E-state index contributed by atoms with van der Waals surface area (Å²) in [5, 5.41) is 1.03. The fourth-order valence-electron chi connectivity index (χ4n) is 4.01. The van der Waals surface area contributed by atoms with Crippen LogP contribution in [0, 0.1) is 0 Å². The summed E-state index contributed by atoms with van der Waals surface area (Å²) >= 11 is 1.85. The Morgan fingerprint density at radius 3 is 2.41 bits per heavy atom. The van der Waals surface area contributed by atoms with Gasteiger partial charge in [-0.05, 0) is 77.2 Å². The van der Waals surface area contributed by atoms with E-state index in [1.54, 1.807) is 12.1 Å². The third-order valence-corrected chi connectivity index (χ3v) is 6.73. The summed E-state index contributed by atoms with van der Waals surface area (Å²) in [5.41, 5.74) is 6.83. The van der Waals surface area contributed by atoms with Gasteiger partial charge in [0.2, 0.25) is 0 Å². The molecule has 3 aromatic rings. The smallest absolute Gasteiger partial charge is 0.182 e. The molecule has 6 rings (SSSR count). The van der Waals surface area contributed by atoms with Gasteiger partial charge in [0.25, 0.3) is 0 Å². The minimum atomic E-state index is -0.0364. The van der Waals surface area contributed by atoms with Crippen molar-refractivity contribution < 1.29 is 4.42 Å². The highest BCUT2D eigenvalue weighted by Crippen LogP contribution is 2.41. The van der Waals surface area contributed by atoms with Gasteiger partial charge in [0.15, 0.2) is 5.43 Å². The first kappa shape index (κ1) is 16.6. The molecule has 1 aliphatic carbocycles. The van der Waals surface area contributed by atoms with Crippen molar-refractivity contribution in [2.45, 2.75) is 16.2 Å². The molecule has 0 unspecified atom stereocenters. The monoisotopic (exact) mass is 392 g/mol. The van der Waals surface area contributed by atoms with Crippen LogP contribution in [0.5, 0.6) is 0 Å². The van der Waals surface area contributed by atoms with E-state index in [1.807, 2.05) is 23.9 Å². The van der Waals surface area contributed by atoms with Crippen LogP contribution in [-0.2, 0) is 6.42 Å². The predicted octanol–water partition coefficient (Wildman–Crippen LogP) is 6.62. The van der Waals surface area contributed by atoms with Crippen LogP contribution in [0.1, 0.15) is 11.1 Å². The van der Waals surface area contributed by atoms with Crippen molar-refractivity contribution in [1.82, 2.24) is 0 Å². The lowest BCUT2D eigenvalue weighted by Gasteiger charge is -2.19. The van der Waals surface area contributed by atoms with Crippen LogP contribution in [0.15, 0.2) is 104 Å². The molecule has 3 aromatic carbocycles. The van der Waals surface area contributed by atoms with E-state index in [0.717, 1.165) is 23.0 Å². The normalized spacial score (nSPS) is 12.7. The maximum atomic E-state index is 11.6. The van der Waals surface area contributed by atoms with E-state index in [2.05, 4.69) is 60.7 Å². The molecule has 0 saturated carbocycles. The predicted molar refractivity (Wildman–Crippen MR) is 118 cm³/mol. The van der Waals surface area contributed by atoms with Crippen molar-refractivity contribution in [1.29, 1.82) is 0 Å². The van der Waals surface area contributed by atoms with Gasteiger partial charge in [-0.1, -0.05) is 42.1 Å². The van der Waals surface area contributed by atoms with Gasteiger partial charge in [0.05, 0.1) is 0 Å². The maximum Gasteiger partial charge on any atom is 0.182 e. The van der Waals surface area contributed by atoms with E-state index in [-0.39, 0.29) is 5.43 Å². The standard InChI is InChI=1S/C26H16O2S/c27-22-8-5-18-13-20-11-16(6-9-23(20)28-24(18)15-22)17-7-10-26-21(12-17)14-19-3-1-2-4-25(19)29-26/h1-13,15H,14H2. The summed E-state index contributed by atoms with van der Waals surface area (Å²) in [7, 11) is 0. The third kappa shape index (κ3) is 2.86. The van der Waals surface area contributed by atoms with Gasteiger partial charge in [-0.3, -0.25) is 4.79 Å². The molecule has 3 heteroatoms. The topological polar surface area (TPSA) is 30.2 Å². The molecule has 138 valence electrons. The van der Waals surface area contributed by atoms with Gasteiger partial charge >= 0.3 is 0 Å². The number of benzene rings is 4. The van der Waals surface area contributed by atoms with Gasteiger partial charge in [-0.25, -0.2) is 0 Å². The molecule has 0 saturated heterocycles. The zero-order chi connectivity index (χ0) is 19.4. The lowest BCUT2D eigenvalue weighted by atomic mass is 9.97. The van der Waals surface area contributed by atoms with Gasteiger partial charge < -0.3 is 4.42 Å². The van der Waals surface area contributed by atoms with Gasteiger partial charge in [-0.15, -0.1) is 0 Å². The van der Waals surface area contributed by atoms with E-state index >= 15 is 0 Å². The van der Waals surface area contributed by atoms with Crippen LogP contribution in [0.4, 0.5) is 0 Å². The molecule has 0 atom stereocenters. The number of fused-ring (bicyclic) bond motifs is 4. The fourth-order valence-corrected chi connectivity index (χ4v) is 5.07. The summed E-state index contributed by atoms with van der Waals surface area (Å²) in [4.78, 5) is 14.3. The summed E-state index contributed by atoms with van der Waals surface area (Å²) in [5.74, 6) is 0.627. The molecule has 0 bridgehead atoms. The molecule has 0 N–H and O–H groups in total. The Morgan fingerprint density at radius 1 is 0.690 bits per heavy atom. The van der Waals surface area contributed by atoms with Crippen LogP contribution in [0.3, 0.4) is 0 Å².